The number of hydrogen-bond acceptors (Lipinski definition) is 3. The highest BCUT2D eigenvalue weighted by atomic mass is 35.5. The summed E-state index contributed by atoms with van der Waals surface area (Å²) in [7, 11) is 0. The van der Waals surface area contributed by atoms with Gasteiger partial charge in [-0.1, -0.05) is 23.2 Å². The van der Waals surface area contributed by atoms with Gasteiger partial charge in [0.25, 0.3) is 5.91 Å². The first-order chi connectivity index (χ1) is 11.0. The van der Waals surface area contributed by atoms with Crippen LogP contribution in [0.2, 0.25) is 10.3 Å². The molecule has 1 saturated heterocycles. The third-order valence-electron chi connectivity index (χ3n) is 3.77. The Morgan fingerprint density at radius 1 is 1.00 bits per heavy atom. The van der Waals surface area contributed by atoms with Crippen LogP contribution in [0.5, 0.6) is 0 Å². The van der Waals surface area contributed by atoms with Crippen molar-refractivity contribution < 1.29 is 9.18 Å². The van der Waals surface area contributed by atoms with Crippen molar-refractivity contribution in [2.75, 3.05) is 31.1 Å². The molecule has 0 radical (unpaired) electrons. The zero-order chi connectivity index (χ0) is 16.4. The molecule has 2 aromatic rings. The first-order valence-electron chi connectivity index (χ1n) is 7.16. The van der Waals surface area contributed by atoms with E-state index < -0.39 is 0 Å². The average molecular weight is 354 g/mol. The molecule has 0 saturated carbocycles. The van der Waals surface area contributed by atoms with Crippen LogP contribution in [-0.2, 0) is 0 Å². The van der Waals surface area contributed by atoms with Crippen molar-refractivity contribution in [3.05, 3.63) is 58.1 Å². The van der Waals surface area contributed by atoms with E-state index in [0.29, 0.717) is 31.7 Å². The van der Waals surface area contributed by atoms with E-state index in [4.69, 9.17) is 23.2 Å². The Bertz CT molecular complexity index is 696. The summed E-state index contributed by atoms with van der Waals surface area (Å²) in [6.45, 7) is 2.52. The second-order valence-corrected chi connectivity index (χ2v) is 6.03. The second-order valence-electron chi connectivity index (χ2n) is 5.26. The molecule has 0 N–H and O–H groups in total. The Morgan fingerprint density at radius 2 is 1.57 bits per heavy atom. The molecule has 0 aliphatic carbocycles. The van der Waals surface area contributed by atoms with E-state index in [1.807, 2.05) is 0 Å². The number of rotatable bonds is 2. The van der Waals surface area contributed by atoms with Crippen molar-refractivity contribution in [1.82, 2.24) is 9.88 Å². The largest absolute Gasteiger partial charge is 0.368 e. The van der Waals surface area contributed by atoms with Gasteiger partial charge in [-0.2, -0.15) is 0 Å². The molecule has 1 aromatic heterocycles. The first-order valence-corrected chi connectivity index (χ1v) is 7.91. The number of amides is 1. The van der Waals surface area contributed by atoms with Gasteiger partial charge in [-0.05, 0) is 36.4 Å². The lowest BCUT2D eigenvalue weighted by molar-refractivity contribution is 0.0746. The number of carbonyl (C=O) groups is 1. The van der Waals surface area contributed by atoms with E-state index in [-0.39, 0.29) is 22.0 Å². The number of piperazine rings is 1. The third-order valence-corrected chi connectivity index (χ3v) is 4.16. The number of halogens is 3. The minimum atomic E-state index is -0.256. The topological polar surface area (TPSA) is 36.4 Å². The maximum Gasteiger partial charge on any atom is 0.254 e. The van der Waals surface area contributed by atoms with Crippen molar-refractivity contribution in [3.63, 3.8) is 0 Å². The van der Waals surface area contributed by atoms with E-state index in [1.54, 1.807) is 17.0 Å². The van der Waals surface area contributed by atoms with Crippen molar-refractivity contribution in [3.8, 4) is 0 Å². The number of aromatic nitrogens is 1. The van der Waals surface area contributed by atoms with Gasteiger partial charge in [-0.3, -0.25) is 4.79 Å². The van der Waals surface area contributed by atoms with E-state index in [1.165, 1.54) is 24.3 Å². The van der Waals surface area contributed by atoms with Crippen molar-refractivity contribution >= 4 is 34.8 Å². The van der Waals surface area contributed by atoms with Gasteiger partial charge in [0.15, 0.2) is 0 Å². The highest BCUT2D eigenvalue weighted by molar-refractivity contribution is 6.33. The smallest absolute Gasteiger partial charge is 0.254 e. The number of carbonyl (C=O) groups excluding carboxylic acids is 1. The van der Waals surface area contributed by atoms with E-state index in [0.717, 1.165) is 5.69 Å². The lowest BCUT2D eigenvalue weighted by Crippen LogP contribution is -2.48. The molecule has 3 rings (SSSR count). The number of hydrogen-bond donors (Lipinski definition) is 0. The molecule has 120 valence electrons. The fraction of sp³-hybridized carbons (Fsp3) is 0.250. The molecule has 0 unspecified atom stereocenters. The number of benzene rings is 1. The molecule has 1 aromatic carbocycles. The van der Waals surface area contributed by atoms with Gasteiger partial charge in [0.2, 0.25) is 0 Å². The standard InChI is InChI=1S/C16H14Cl2FN3O/c17-14-9-11(10-15(18)20-14)16(23)22-7-5-21(6-8-22)13-3-1-12(19)2-4-13/h1-4,9-10H,5-8H2. The predicted molar refractivity (Wildman–Crippen MR) is 88.8 cm³/mol. The Hall–Kier alpha value is -1.85. The summed E-state index contributed by atoms with van der Waals surface area (Å²) in [5.41, 5.74) is 1.39. The molecular weight excluding hydrogens is 340 g/mol. The van der Waals surface area contributed by atoms with Crippen LogP contribution in [0.3, 0.4) is 0 Å². The SMILES string of the molecule is O=C(c1cc(Cl)nc(Cl)c1)N1CCN(c2ccc(F)cc2)CC1. The fourth-order valence-corrected chi connectivity index (χ4v) is 3.05. The van der Waals surface area contributed by atoms with Crippen LogP contribution >= 0.6 is 23.2 Å². The molecule has 7 heteroatoms. The van der Waals surface area contributed by atoms with Crippen molar-refractivity contribution in [1.29, 1.82) is 0 Å². The average Bonchev–Trinajstić information content (AvgIpc) is 2.54. The molecule has 0 atom stereocenters. The van der Waals surface area contributed by atoms with Gasteiger partial charge >= 0.3 is 0 Å². The van der Waals surface area contributed by atoms with Crippen molar-refractivity contribution in [2.45, 2.75) is 0 Å². The van der Waals surface area contributed by atoms with E-state index in [2.05, 4.69) is 9.88 Å². The van der Waals surface area contributed by atoms with Crippen LogP contribution in [0.15, 0.2) is 36.4 Å². The maximum atomic E-state index is 13.0. The van der Waals surface area contributed by atoms with Crippen LogP contribution < -0.4 is 4.90 Å². The molecule has 0 spiro atoms. The zero-order valence-corrected chi connectivity index (χ0v) is 13.7. The molecule has 2 heterocycles. The highest BCUT2D eigenvalue weighted by Crippen LogP contribution is 2.20. The molecule has 0 bridgehead atoms. The summed E-state index contributed by atoms with van der Waals surface area (Å²) in [6.07, 6.45) is 0. The minimum Gasteiger partial charge on any atom is -0.368 e. The molecule has 1 fully saturated rings. The maximum absolute atomic E-state index is 13.0. The normalized spacial score (nSPS) is 14.9. The minimum absolute atomic E-state index is 0.116. The summed E-state index contributed by atoms with van der Waals surface area (Å²) in [5.74, 6) is -0.371. The third kappa shape index (κ3) is 3.74. The van der Waals surface area contributed by atoms with Gasteiger partial charge < -0.3 is 9.80 Å². The van der Waals surface area contributed by atoms with Gasteiger partial charge in [-0.15, -0.1) is 0 Å². The van der Waals surface area contributed by atoms with Crippen LogP contribution in [0.25, 0.3) is 0 Å². The quantitative estimate of drug-likeness (QED) is 0.775. The molecule has 1 aliphatic heterocycles. The van der Waals surface area contributed by atoms with E-state index >= 15 is 0 Å². The van der Waals surface area contributed by atoms with Crippen molar-refractivity contribution in [2.24, 2.45) is 0 Å². The second kappa shape index (κ2) is 6.72. The zero-order valence-electron chi connectivity index (χ0n) is 12.2. The van der Waals surface area contributed by atoms with Gasteiger partial charge in [-0.25, -0.2) is 9.37 Å². The number of nitrogens with zero attached hydrogens (tertiary/aromatic N) is 3. The Kier molecular flexibility index (Phi) is 4.68. The summed E-state index contributed by atoms with van der Waals surface area (Å²) < 4.78 is 13.0. The number of anilines is 1. The summed E-state index contributed by atoms with van der Waals surface area (Å²) >= 11 is 11.7. The lowest BCUT2D eigenvalue weighted by Gasteiger charge is -2.36. The van der Waals surface area contributed by atoms with E-state index in [9.17, 15) is 9.18 Å². The molecule has 4 nitrogen and oxygen atoms in total. The number of pyridine rings is 1. The summed E-state index contributed by atoms with van der Waals surface area (Å²) in [5, 5.41) is 0.400. The molecule has 1 aliphatic rings. The Morgan fingerprint density at radius 3 is 2.13 bits per heavy atom. The van der Waals surface area contributed by atoms with Gasteiger partial charge in [0.1, 0.15) is 16.1 Å². The Balaban J connectivity index is 1.66. The van der Waals surface area contributed by atoms with Crippen LogP contribution in [0.4, 0.5) is 10.1 Å². The fourth-order valence-electron chi connectivity index (χ4n) is 2.59. The van der Waals surface area contributed by atoms with Crippen LogP contribution in [0, 0.1) is 5.82 Å². The molecular formula is C16H14Cl2FN3O. The monoisotopic (exact) mass is 353 g/mol. The summed E-state index contributed by atoms with van der Waals surface area (Å²) in [6, 6.07) is 9.40. The van der Waals surface area contributed by atoms with Gasteiger partial charge in [0.05, 0.1) is 0 Å². The van der Waals surface area contributed by atoms with Gasteiger partial charge in [0, 0.05) is 37.4 Å². The first kappa shape index (κ1) is 16.0. The molecule has 1 amide bonds. The summed E-state index contributed by atoms with van der Waals surface area (Å²) in [4.78, 5) is 20.2. The predicted octanol–water partition coefficient (Wildman–Crippen LogP) is 3.49. The van der Waals surface area contributed by atoms with Crippen LogP contribution in [0.1, 0.15) is 10.4 Å². The Labute approximate surface area is 143 Å². The lowest BCUT2D eigenvalue weighted by atomic mass is 10.2. The highest BCUT2D eigenvalue weighted by Gasteiger charge is 2.23. The van der Waals surface area contributed by atoms with Crippen LogP contribution in [-0.4, -0.2) is 42.0 Å². The molecule has 23 heavy (non-hydrogen) atoms.